The van der Waals surface area contributed by atoms with Gasteiger partial charge in [-0.3, -0.25) is 0 Å². The Labute approximate surface area is 119 Å². The van der Waals surface area contributed by atoms with Crippen LogP contribution in [0.3, 0.4) is 0 Å². The number of piperidine rings is 1. The molecule has 0 aromatic heterocycles. The Balaban J connectivity index is 2.69. The van der Waals surface area contributed by atoms with E-state index in [2.05, 4.69) is 0 Å². The van der Waals surface area contributed by atoms with Gasteiger partial charge in [0.05, 0.1) is 0 Å². The van der Waals surface area contributed by atoms with Crippen LogP contribution in [0.5, 0.6) is 0 Å². The first-order valence-corrected chi connectivity index (χ1v) is 8.08. The second kappa shape index (κ2) is 7.03. The van der Waals surface area contributed by atoms with E-state index in [9.17, 15) is 14.7 Å². The molecule has 1 rings (SSSR count). The molecule has 0 aromatic carbocycles. The third kappa shape index (κ3) is 3.78. The van der Waals surface area contributed by atoms with Crippen molar-refractivity contribution in [1.29, 1.82) is 0 Å². The molecule has 0 aromatic rings. The van der Waals surface area contributed by atoms with Gasteiger partial charge in [0.15, 0.2) is 0 Å². The van der Waals surface area contributed by atoms with Crippen LogP contribution in [-0.2, 0) is 4.79 Å². The number of urea groups is 1. The van der Waals surface area contributed by atoms with E-state index >= 15 is 0 Å². The van der Waals surface area contributed by atoms with E-state index in [0.29, 0.717) is 19.5 Å². The van der Waals surface area contributed by atoms with Crippen LogP contribution < -0.4 is 0 Å². The number of carboxylic acid groups (broad SMARTS) is 1. The van der Waals surface area contributed by atoms with Crippen molar-refractivity contribution < 1.29 is 14.7 Å². The number of hydrogen-bond acceptors (Lipinski definition) is 3. The van der Waals surface area contributed by atoms with Crippen LogP contribution in [0.1, 0.15) is 32.6 Å². The summed E-state index contributed by atoms with van der Waals surface area (Å²) in [7, 11) is 1.75. The summed E-state index contributed by atoms with van der Waals surface area (Å²) in [5.74, 6) is 0.103. The van der Waals surface area contributed by atoms with E-state index in [-0.39, 0.29) is 6.03 Å². The van der Waals surface area contributed by atoms with E-state index in [1.54, 1.807) is 30.6 Å². The monoisotopic (exact) mass is 288 g/mol. The minimum absolute atomic E-state index is 0.161. The summed E-state index contributed by atoms with van der Waals surface area (Å²) < 4.78 is 0. The van der Waals surface area contributed by atoms with Gasteiger partial charge in [-0.15, -0.1) is 0 Å². The van der Waals surface area contributed by atoms with Gasteiger partial charge in [-0.1, -0.05) is 0 Å². The lowest BCUT2D eigenvalue weighted by molar-refractivity contribution is -0.150. The first-order valence-electron chi connectivity index (χ1n) is 6.68. The average Bonchev–Trinajstić information content (AvgIpc) is 2.38. The SMILES string of the molecule is CSCCCN(C)C(=O)N1CCCCC1(C)C(=O)O. The van der Waals surface area contributed by atoms with E-state index in [0.717, 1.165) is 25.0 Å². The number of carboxylic acids is 1. The minimum atomic E-state index is -1.05. The number of amides is 2. The molecule has 110 valence electrons. The van der Waals surface area contributed by atoms with Gasteiger partial charge >= 0.3 is 12.0 Å². The second-order valence-corrected chi connectivity index (χ2v) is 6.22. The molecule has 1 aliphatic rings. The average molecular weight is 288 g/mol. The minimum Gasteiger partial charge on any atom is -0.480 e. The summed E-state index contributed by atoms with van der Waals surface area (Å²) in [4.78, 5) is 27.0. The molecule has 0 saturated carbocycles. The highest BCUT2D eigenvalue weighted by Gasteiger charge is 2.44. The summed E-state index contributed by atoms with van der Waals surface area (Å²) in [6.45, 7) is 2.86. The fourth-order valence-electron chi connectivity index (χ4n) is 2.40. The van der Waals surface area contributed by atoms with Crippen molar-refractivity contribution in [1.82, 2.24) is 9.80 Å². The molecule has 19 heavy (non-hydrogen) atoms. The van der Waals surface area contributed by atoms with Crippen molar-refractivity contribution in [3.63, 3.8) is 0 Å². The third-order valence-electron chi connectivity index (χ3n) is 3.75. The Morgan fingerprint density at radius 2 is 2.11 bits per heavy atom. The van der Waals surface area contributed by atoms with E-state index in [4.69, 9.17) is 0 Å². The normalized spacial score (nSPS) is 23.2. The quantitative estimate of drug-likeness (QED) is 0.787. The number of hydrogen-bond donors (Lipinski definition) is 1. The maximum atomic E-state index is 12.4. The number of aliphatic carboxylic acids is 1. The first-order chi connectivity index (χ1) is 8.93. The van der Waals surface area contributed by atoms with Crippen LogP contribution in [0.2, 0.25) is 0 Å². The molecular weight excluding hydrogens is 264 g/mol. The van der Waals surface area contributed by atoms with Gasteiger partial charge in [0, 0.05) is 20.1 Å². The predicted octanol–water partition coefficient (Wildman–Crippen LogP) is 2.12. The van der Waals surface area contributed by atoms with Crippen molar-refractivity contribution in [2.75, 3.05) is 32.1 Å². The maximum absolute atomic E-state index is 12.4. The van der Waals surface area contributed by atoms with Crippen LogP contribution >= 0.6 is 11.8 Å². The highest BCUT2D eigenvalue weighted by atomic mass is 32.2. The highest BCUT2D eigenvalue weighted by molar-refractivity contribution is 7.98. The number of nitrogens with zero attached hydrogens (tertiary/aromatic N) is 2. The summed E-state index contributed by atoms with van der Waals surface area (Å²) in [6.07, 6.45) is 5.25. The van der Waals surface area contributed by atoms with Crippen LogP contribution in [0.4, 0.5) is 4.79 Å². The molecule has 0 bridgehead atoms. The van der Waals surface area contributed by atoms with E-state index < -0.39 is 11.5 Å². The molecule has 1 aliphatic heterocycles. The number of carbonyl (C=O) groups is 2. The number of likely N-dealkylation sites (tertiary alicyclic amines) is 1. The zero-order valence-electron chi connectivity index (χ0n) is 12.0. The van der Waals surface area contributed by atoms with Gasteiger partial charge in [0.25, 0.3) is 0 Å². The van der Waals surface area contributed by atoms with Crippen LogP contribution in [0.15, 0.2) is 0 Å². The lowest BCUT2D eigenvalue weighted by atomic mass is 9.89. The van der Waals surface area contributed by atoms with Crippen molar-refractivity contribution in [2.45, 2.75) is 38.1 Å². The largest absolute Gasteiger partial charge is 0.480 e. The Hall–Kier alpha value is -0.910. The molecule has 1 saturated heterocycles. The van der Waals surface area contributed by atoms with E-state index in [1.165, 1.54) is 4.90 Å². The molecule has 0 spiro atoms. The van der Waals surface area contributed by atoms with Gasteiger partial charge in [0.1, 0.15) is 5.54 Å². The van der Waals surface area contributed by atoms with E-state index in [1.807, 2.05) is 6.26 Å². The maximum Gasteiger partial charge on any atom is 0.329 e. The number of carbonyl (C=O) groups excluding carboxylic acids is 1. The summed E-state index contributed by atoms with van der Waals surface area (Å²) in [6, 6.07) is -0.161. The summed E-state index contributed by atoms with van der Waals surface area (Å²) >= 11 is 1.75. The van der Waals surface area contributed by atoms with Crippen molar-refractivity contribution >= 4 is 23.8 Å². The van der Waals surface area contributed by atoms with Gasteiger partial charge in [-0.2, -0.15) is 11.8 Å². The Bertz CT molecular complexity index is 338. The molecule has 5 nitrogen and oxygen atoms in total. The van der Waals surface area contributed by atoms with Gasteiger partial charge in [-0.25, -0.2) is 9.59 Å². The topological polar surface area (TPSA) is 60.9 Å². The molecule has 2 amide bonds. The van der Waals surface area contributed by atoms with Gasteiger partial charge in [-0.05, 0) is 44.6 Å². The fourth-order valence-corrected chi connectivity index (χ4v) is 2.82. The molecule has 0 radical (unpaired) electrons. The molecule has 1 heterocycles. The van der Waals surface area contributed by atoms with Gasteiger partial charge < -0.3 is 14.9 Å². The molecule has 6 heteroatoms. The summed E-state index contributed by atoms with van der Waals surface area (Å²) in [5.41, 5.74) is -1.05. The third-order valence-corrected chi connectivity index (χ3v) is 4.45. The van der Waals surface area contributed by atoms with Crippen LogP contribution in [0, 0.1) is 0 Å². The van der Waals surface area contributed by atoms with Crippen molar-refractivity contribution in [3.8, 4) is 0 Å². The van der Waals surface area contributed by atoms with Crippen molar-refractivity contribution in [2.24, 2.45) is 0 Å². The zero-order chi connectivity index (χ0) is 14.5. The zero-order valence-corrected chi connectivity index (χ0v) is 12.8. The van der Waals surface area contributed by atoms with Crippen LogP contribution in [-0.4, -0.2) is 64.6 Å². The van der Waals surface area contributed by atoms with Crippen molar-refractivity contribution in [3.05, 3.63) is 0 Å². The smallest absolute Gasteiger partial charge is 0.329 e. The number of rotatable bonds is 5. The van der Waals surface area contributed by atoms with Gasteiger partial charge in [0.2, 0.25) is 0 Å². The summed E-state index contributed by atoms with van der Waals surface area (Å²) in [5, 5.41) is 9.40. The lowest BCUT2D eigenvalue weighted by Crippen LogP contribution is -2.60. The molecular formula is C13H24N2O3S. The van der Waals surface area contributed by atoms with Crippen LogP contribution in [0.25, 0.3) is 0 Å². The fraction of sp³-hybridized carbons (Fsp3) is 0.846. The molecule has 1 N–H and O–H groups in total. The second-order valence-electron chi connectivity index (χ2n) is 5.24. The molecule has 1 unspecified atom stereocenters. The molecule has 1 atom stereocenters. The standard InChI is InChI=1S/C13H24N2O3S/c1-13(11(16)17)7-4-5-9-15(13)12(18)14(2)8-6-10-19-3/h4-10H2,1-3H3,(H,16,17). The highest BCUT2D eigenvalue weighted by Crippen LogP contribution is 2.29. The lowest BCUT2D eigenvalue weighted by Gasteiger charge is -2.43. The molecule has 0 aliphatic carbocycles. The number of thioether (sulfide) groups is 1. The first kappa shape index (κ1) is 16.1. The molecule has 1 fully saturated rings. The predicted molar refractivity (Wildman–Crippen MR) is 77.6 cm³/mol. The Kier molecular flexibility index (Phi) is 5.97. The Morgan fingerprint density at radius 3 is 2.68 bits per heavy atom. The Morgan fingerprint density at radius 1 is 1.42 bits per heavy atom.